The van der Waals surface area contributed by atoms with Crippen LogP contribution in [0.2, 0.25) is 0 Å². The highest BCUT2D eigenvalue weighted by Crippen LogP contribution is 2.62. The Morgan fingerprint density at radius 2 is 1.26 bits per heavy atom. The largest absolute Gasteiger partial charge is 0.508 e. The first-order valence-corrected chi connectivity index (χ1v) is 10.5. The number of phenolic OH excluding ortho intramolecular Hbond substituents is 1. The third-order valence-corrected chi connectivity index (χ3v) is 7.69. The van der Waals surface area contributed by atoms with Crippen molar-refractivity contribution in [2.75, 3.05) is 0 Å². The van der Waals surface area contributed by atoms with Crippen LogP contribution in [0, 0.1) is 17.8 Å². The van der Waals surface area contributed by atoms with Crippen molar-refractivity contribution in [2.45, 2.75) is 43.9 Å². The highest BCUT2D eigenvalue weighted by atomic mass is 16.3. The van der Waals surface area contributed by atoms with Crippen molar-refractivity contribution in [3.8, 4) is 16.9 Å². The van der Waals surface area contributed by atoms with Crippen molar-refractivity contribution >= 4 is 10.8 Å². The second-order valence-corrected chi connectivity index (χ2v) is 9.49. The van der Waals surface area contributed by atoms with Crippen molar-refractivity contribution in [1.29, 1.82) is 0 Å². The lowest BCUT2D eigenvalue weighted by Gasteiger charge is -2.57. The highest BCUT2D eigenvalue weighted by Gasteiger charge is 2.52. The van der Waals surface area contributed by atoms with E-state index in [0.717, 1.165) is 17.8 Å². The lowest BCUT2D eigenvalue weighted by Crippen LogP contribution is -2.48. The van der Waals surface area contributed by atoms with E-state index in [2.05, 4.69) is 54.6 Å². The zero-order chi connectivity index (χ0) is 18.0. The van der Waals surface area contributed by atoms with Crippen LogP contribution >= 0.6 is 0 Å². The first kappa shape index (κ1) is 15.7. The molecular weight excluding hydrogens is 328 g/mol. The summed E-state index contributed by atoms with van der Waals surface area (Å²) in [5, 5.41) is 13.4. The first-order valence-electron chi connectivity index (χ1n) is 10.5. The molecule has 0 aliphatic heterocycles. The molecule has 1 N–H and O–H groups in total. The SMILES string of the molecule is Oc1ccc(-c2ccc3ccccc3c2)cc1C12CC3CC(CC(C3)C1)C2. The summed E-state index contributed by atoms with van der Waals surface area (Å²) in [5.74, 6) is 3.18. The molecule has 27 heavy (non-hydrogen) atoms. The van der Waals surface area contributed by atoms with Crippen LogP contribution < -0.4 is 0 Å². The minimum absolute atomic E-state index is 0.228. The zero-order valence-electron chi connectivity index (χ0n) is 15.7. The molecule has 0 atom stereocenters. The van der Waals surface area contributed by atoms with Crippen LogP contribution in [0.3, 0.4) is 0 Å². The van der Waals surface area contributed by atoms with Gasteiger partial charge in [0, 0.05) is 5.56 Å². The number of rotatable bonds is 2. The Morgan fingerprint density at radius 1 is 0.667 bits per heavy atom. The van der Waals surface area contributed by atoms with Gasteiger partial charge in [0.1, 0.15) is 5.75 Å². The molecule has 0 saturated heterocycles. The monoisotopic (exact) mass is 354 g/mol. The van der Waals surface area contributed by atoms with E-state index in [1.165, 1.54) is 66.0 Å². The summed E-state index contributed by atoms with van der Waals surface area (Å²) in [6.07, 6.45) is 8.16. The molecule has 4 fully saturated rings. The number of hydrogen-bond acceptors (Lipinski definition) is 1. The molecule has 0 amide bonds. The predicted octanol–water partition coefficient (Wildman–Crippen LogP) is 6.68. The van der Waals surface area contributed by atoms with Gasteiger partial charge in [-0.3, -0.25) is 0 Å². The van der Waals surface area contributed by atoms with Crippen molar-refractivity contribution in [3.05, 3.63) is 66.2 Å². The fraction of sp³-hybridized carbons (Fsp3) is 0.385. The number of phenols is 1. The van der Waals surface area contributed by atoms with Gasteiger partial charge >= 0.3 is 0 Å². The molecule has 0 aromatic heterocycles. The summed E-state index contributed by atoms with van der Waals surface area (Å²) in [7, 11) is 0. The van der Waals surface area contributed by atoms with E-state index >= 15 is 0 Å². The second-order valence-electron chi connectivity index (χ2n) is 9.49. The van der Waals surface area contributed by atoms with Crippen molar-refractivity contribution < 1.29 is 5.11 Å². The van der Waals surface area contributed by atoms with E-state index < -0.39 is 0 Å². The number of aromatic hydroxyl groups is 1. The zero-order valence-corrected chi connectivity index (χ0v) is 15.7. The Bertz CT molecular complexity index is 996. The molecule has 1 nitrogen and oxygen atoms in total. The van der Waals surface area contributed by atoms with Crippen molar-refractivity contribution in [2.24, 2.45) is 17.8 Å². The minimum Gasteiger partial charge on any atom is -0.508 e. The summed E-state index contributed by atoms with van der Waals surface area (Å²) in [6, 6.07) is 21.6. The summed E-state index contributed by atoms with van der Waals surface area (Å²) in [5.41, 5.74) is 3.95. The number of fused-ring (bicyclic) bond motifs is 1. The van der Waals surface area contributed by atoms with Gasteiger partial charge in [-0.05, 0) is 102 Å². The van der Waals surface area contributed by atoms with E-state index in [1.54, 1.807) is 0 Å². The minimum atomic E-state index is 0.228. The van der Waals surface area contributed by atoms with Gasteiger partial charge in [-0.15, -0.1) is 0 Å². The van der Waals surface area contributed by atoms with Crippen LogP contribution in [0.1, 0.15) is 44.1 Å². The molecule has 0 unspecified atom stereocenters. The molecule has 4 aliphatic carbocycles. The molecule has 4 bridgehead atoms. The average Bonchev–Trinajstić information content (AvgIpc) is 2.67. The maximum absolute atomic E-state index is 10.8. The lowest BCUT2D eigenvalue weighted by molar-refractivity contribution is -0.00611. The molecule has 0 spiro atoms. The molecule has 7 rings (SSSR count). The molecule has 0 radical (unpaired) electrons. The van der Waals surface area contributed by atoms with E-state index in [0.29, 0.717) is 5.75 Å². The highest BCUT2D eigenvalue weighted by molar-refractivity contribution is 5.87. The van der Waals surface area contributed by atoms with Gasteiger partial charge in [0.2, 0.25) is 0 Å². The van der Waals surface area contributed by atoms with Gasteiger partial charge in [-0.25, -0.2) is 0 Å². The average molecular weight is 354 g/mol. The Hall–Kier alpha value is -2.28. The quantitative estimate of drug-likeness (QED) is 0.544. The third kappa shape index (κ3) is 2.44. The van der Waals surface area contributed by atoms with Crippen LogP contribution in [0.15, 0.2) is 60.7 Å². The normalized spacial score (nSPS) is 31.5. The predicted molar refractivity (Wildman–Crippen MR) is 111 cm³/mol. The van der Waals surface area contributed by atoms with E-state index in [4.69, 9.17) is 0 Å². The molecule has 136 valence electrons. The van der Waals surface area contributed by atoms with Crippen molar-refractivity contribution in [1.82, 2.24) is 0 Å². The lowest BCUT2D eigenvalue weighted by atomic mass is 9.48. The van der Waals surface area contributed by atoms with Crippen LogP contribution in [-0.4, -0.2) is 5.11 Å². The second kappa shape index (κ2) is 5.61. The van der Waals surface area contributed by atoms with Gasteiger partial charge < -0.3 is 5.11 Å². The van der Waals surface area contributed by atoms with E-state index in [-0.39, 0.29) is 5.41 Å². The number of benzene rings is 3. The van der Waals surface area contributed by atoms with Crippen molar-refractivity contribution in [3.63, 3.8) is 0 Å². The van der Waals surface area contributed by atoms with Gasteiger partial charge in [-0.2, -0.15) is 0 Å². The Morgan fingerprint density at radius 3 is 1.96 bits per heavy atom. The molecule has 3 aromatic carbocycles. The summed E-state index contributed by atoms with van der Waals surface area (Å²) < 4.78 is 0. The van der Waals surface area contributed by atoms with Crippen LogP contribution in [0.25, 0.3) is 21.9 Å². The van der Waals surface area contributed by atoms with Gasteiger partial charge in [0.05, 0.1) is 0 Å². The topological polar surface area (TPSA) is 20.2 Å². The number of hydrogen-bond donors (Lipinski definition) is 1. The van der Waals surface area contributed by atoms with Crippen LogP contribution in [-0.2, 0) is 5.41 Å². The third-order valence-electron chi connectivity index (χ3n) is 7.69. The standard InChI is InChI=1S/C26H26O/c27-25-8-7-23(22-6-5-20-3-1-2-4-21(20)12-22)13-24(25)26-14-17-9-18(15-26)11-19(10-17)16-26/h1-8,12-13,17-19,27H,9-11,14-16H2. The maximum Gasteiger partial charge on any atom is 0.119 e. The van der Waals surface area contributed by atoms with Crippen LogP contribution in [0.5, 0.6) is 5.75 Å². The fourth-order valence-electron chi connectivity index (χ4n) is 6.95. The fourth-order valence-corrected chi connectivity index (χ4v) is 6.95. The Balaban J connectivity index is 1.45. The summed E-state index contributed by atoms with van der Waals surface area (Å²) in [6.45, 7) is 0. The molecule has 0 heterocycles. The van der Waals surface area contributed by atoms with E-state index in [9.17, 15) is 5.11 Å². The Labute approximate surface area is 161 Å². The molecule has 3 aromatic rings. The first-order chi connectivity index (χ1) is 13.2. The van der Waals surface area contributed by atoms with Gasteiger partial charge in [0.15, 0.2) is 0 Å². The Kier molecular flexibility index (Phi) is 3.27. The summed E-state index contributed by atoms with van der Waals surface area (Å²) >= 11 is 0. The molecule has 4 aliphatic rings. The molecular formula is C26H26O. The van der Waals surface area contributed by atoms with Gasteiger partial charge in [-0.1, -0.05) is 42.5 Å². The molecule has 4 saturated carbocycles. The van der Waals surface area contributed by atoms with E-state index in [1.807, 2.05) is 6.07 Å². The van der Waals surface area contributed by atoms with Crippen LogP contribution in [0.4, 0.5) is 0 Å². The smallest absolute Gasteiger partial charge is 0.119 e. The maximum atomic E-state index is 10.8. The van der Waals surface area contributed by atoms with Gasteiger partial charge in [0.25, 0.3) is 0 Å². The summed E-state index contributed by atoms with van der Waals surface area (Å²) in [4.78, 5) is 0. The molecule has 1 heteroatoms.